The topological polar surface area (TPSA) is 114 Å². The molecule has 2 aromatic rings. The number of benzene rings is 1. The van der Waals surface area contributed by atoms with Gasteiger partial charge in [-0.25, -0.2) is 16.8 Å². The molecule has 8 nitrogen and oxygen atoms in total. The SMILES string of the molecule is CCN(CC)S(=O)(=O)c1cccc(C(=O)Nc2cnccc2S(C)(=O)=O)c1. The molecule has 0 radical (unpaired) electrons. The Labute approximate surface area is 159 Å². The van der Waals surface area contributed by atoms with Crippen LogP contribution in [0.2, 0.25) is 0 Å². The fourth-order valence-electron chi connectivity index (χ4n) is 2.50. The smallest absolute Gasteiger partial charge is 0.255 e. The highest BCUT2D eigenvalue weighted by Crippen LogP contribution is 2.21. The average Bonchev–Trinajstić information content (AvgIpc) is 2.62. The molecule has 2 rings (SSSR count). The van der Waals surface area contributed by atoms with Gasteiger partial charge in [-0.3, -0.25) is 9.78 Å². The lowest BCUT2D eigenvalue weighted by atomic mass is 10.2. The number of nitrogens with zero attached hydrogens (tertiary/aromatic N) is 2. The number of carbonyl (C=O) groups excluding carboxylic acids is 1. The lowest BCUT2D eigenvalue weighted by Crippen LogP contribution is -2.30. The zero-order valence-corrected chi connectivity index (χ0v) is 16.8. The van der Waals surface area contributed by atoms with Crippen molar-refractivity contribution in [1.82, 2.24) is 9.29 Å². The third-order valence-electron chi connectivity index (χ3n) is 3.87. The molecule has 0 atom stereocenters. The second-order valence-corrected chi connectivity index (χ2v) is 9.64. The second-order valence-electron chi connectivity index (χ2n) is 5.72. The Hall–Kier alpha value is -2.30. The molecular formula is C17H21N3O5S2. The van der Waals surface area contributed by atoms with Crippen LogP contribution >= 0.6 is 0 Å². The molecule has 0 spiro atoms. The summed E-state index contributed by atoms with van der Waals surface area (Å²) < 4.78 is 50.2. The van der Waals surface area contributed by atoms with E-state index in [0.29, 0.717) is 13.1 Å². The predicted octanol–water partition coefficient (Wildman–Crippen LogP) is 1.77. The summed E-state index contributed by atoms with van der Waals surface area (Å²) >= 11 is 0. The van der Waals surface area contributed by atoms with Crippen molar-refractivity contribution in [2.24, 2.45) is 0 Å². The molecule has 0 saturated carbocycles. The van der Waals surface area contributed by atoms with Crippen LogP contribution in [0.15, 0.2) is 52.5 Å². The van der Waals surface area contributed by atoms with Crippen LogP contribution in [0.5, 0.6) is 0 Å². The summed E-state index contributed by atoms with van der Waals surface area (Å²) in [6.45, 7) is 4.07. The normalized spacial score (nSPS) is 12.1. The van der Waals surface area contributed by atoms with Gasteiger partial charge in [0.2, 0.25) is 10.0 Å². The van der Waals surface area contributed by atoms with E-state index in [2.05, 4.69) is 10.3 Å². The van der Waals surface area contributed by atoms with Crippen molar-refractivity contribution in [3.63, 3.8) is 0 Å². The molecule has 10 heteroatoms. The Morgan fingerprint density at radius 3 is 2.37 bits per heavy atom. The third-order valence-corrected chi connectivity index (χ3v) is 7.07. The minimum Gasteiger partial charge on any atom is -0.320 e. The molecule has 146 valence electrons. The monoisotopic (exact) mass is 411 g/mol. The van der Waals surface area contributed by atoms with E-state index < -0.39 is 25.8 Å². The van der Waals surface area contributed by atoms with Crippen molar-refractivity contribution in [1.29, 1.82) is 0 Å². The van der Waals surface area contributed by atoms with Crippen molar-refractivity contribution in [3.05, 3.63) is 48.3 Å². The number of hydrogen-bond donors (Lipinski definition) is 1. The second kappa shape index (κ2) is 8.15. The van der Waals surface area contributed by atoms with E-state index in [0.717, 1.165) is 6.26 Å². The minimum absolute atomic E-state index is 0.00614. The van der Waals surface area contributed by atoms with Crippen molar-refractivity contribution in [2.45, 2.75) is 23.6 Å². The summed E-state index contributed by atoms with van der Waals surface area (Å²) in [5.74, 6) is -0.635. The lowest BCUT2D eigenvalue weighted by Gasteiger charge is -2.18. The average molecular weight is 412 g/mol. The Morgan fingerprint density at radius 1 is 1.11 bits per heavy atom. The fourth-order valence-corrected chi connectivity index (χ4v) is 4.82. The van der Waals surface area contributed by atoms with Crippen molar-refractivity contribution in [2.75, 3.05) is 24.7 Å². The Balaban J connectivity index is 2.38. The van der Waals surface area contributed by atoms with Gasteiger partial charge in [-0.15, -0.1) is 0 Å². The van der Waals surface area contributed by atoms with Gasteiger partial charge in [0, 0.05) is 31.1 Å². The number of hydrogen-bond acceptors (Lipinski definition) is 6. The van der Waals surface area contributed by atoms with Gasteiger partial charge in [0.15, 0.2) is 9.84 Å². The number of amides is 1. The van der Waals surface area contributed by atoms with E-state index in [1.54, 1.807) is 13.8 Å². The summed E-state index contributed by atoms with van der Waals surface area (Å²) in [6.07, 6.45) is 3.56. The van der Waals surface area contributed by atoms with E-state index in [1.165, 1.54) is 47.0 Å². The summed E-state index contributed by atoms with van der Waals surface area (Å²) in [6, 6.07) is 6.88. The van der Waals surface area contributed by atoms with Crippen LogP contribution in [0, 0.1) is 0 Å². The van der Waals surface area contributed by atoms with Gasteiger partial charge in [0.25, 0.3) is 5.91 Å². The van der Waals surface area contributed by atoms with Gasteiger partial charge in [0.05, 0.1) is 21.7 Å². The van der Waals surface area contributed by atoms with Crippen molar-refractivity contribution >= 4 is 31.5 Å². The minimum atomic E-state index is -3.72. The van der Waals surface area contributed by atoms with Crippen LogP contribution in [-0.4, -0.2) is 51.4 Å². The molecular weight excluding hydrogens is 390 g/mol. The predicted molar refractivity (Wildman–Crippen MR) is 102 cm³/mol. The van der Waals surface area contributed by atoms with Gasteiger partial charge in [0.1, 0.15) is 0 Å². The fraction of sp³-hybridized carbons (Fsp3) is 0.294. The van der Waals surface area contributed by atoms with Gasteiger partial charge >= 0.3 is 0 Å². The Morgan fingerprint density at radius 2 is 1.78 bits per heavy atom. The van der Waals surface area contributed by atoms with E-state index in [4.69, 9.17) is 0 Å². The van der Waals surface area contributed by atoms with Crippen molar-refractivity contribution in [3.8, 4) is 0 Å². The van der Waals surface area contributed by atoms with Crippen LogP contribution in [0.1, 0.15) is 24.2 Å². The molecule has 0 bridgehead atoms. The molecule has 0 aliphatic carbocycles. The summed E-state index contributed by atoms with van der Waals surface area (Å²) in [7, 11) is -7.28. The Bertz CT molecular complexity index is 1050. The molecule has 1 aromatic carbocycles. The summed E-state index contributed by atoms with van der Waals surface area (Å²) in [4.78, 5) is 16.3. The molecule has 1 N–H and O–H groups in total. The number of aromatic nitrogens is 1. The molecule has 0 aliphatic rings. The first-order chi connectivity index (χ1) is 12.6. The van der Waals surface area contributed by atoms with Crippen LogP contribution in [0.25, 0.3) is 0 Å². The number of nitrogens with one attached hydrogen (secondary N) is 1. The van der Waals surface area contributed by atoms with E-state index in [9.17, 15) is 21.6 Å². The van der Waals surface area contributed by atoms with Gasteiger partial charge in [-0.2, -0.15) is 4.31 Å². The molecule has 0 saturated heterocycles. The lowest BCUT2D eigenvalue weighted by molar-refractivity contribution is 0.102. The highest BCUT2D eigenvalue weighted by molar-refractivity contribution is 7.91. The molecule has 0 fully saturated rings. The molecule has 1 amide bonds. The maximum absolute atomic E-state index is 12.6. The van der Waals surface area contributed by atoms with Gasteiger partial charge in [-0.05, 0) is 24.3 Å². The van der Waals surface area contributed by atoms with E-state index in [1.807, 2.05) is 0 Å². The van der Waals surface area contributed by atoms with E-state index >= 15 is 0 Å². The first-order valence-corrected chi connectivity index (χ1v) is 11.5. The Kier molecular flexibility index (Phi) is 6.34. The molecule has 0 aliphatic heterocycles. The van der Waals surface area contributed by atoms with Crippen LogP contribution in [-0.2, 0) is 19.9 Å². The summed E-state index contributed by atoms with van der Waals surface area (Å²) in [5, 5.41) is 2.48. The number of anilines is 1. The number of sulfone groups is 1. The summed E-state index contributed by atoms with van der Waals surface area (Å²) in [5.41, 5.74) is 0.119. The maximum atomic E-state index is 12.6. The maximum Gasteiger partial charge on any atom is 0.255 e. The largest absolute Gasteiger partial charge is 0.320 e. The first kappa shape index (κ1) is 21.0. The zero-order valence-electron chi connectivity index (χ0n) is 15.2. The number of carbonyl (C=O) groups is 1. The molecule has 1 heterocycles. The zero-order chi connectivity index (χ0) is 20.2. The number of rotatable bonds is 7. The third kappa shape index (κ3) is 4.71. The van der Waals surface area contributed by atoms with Gasteiger partial charge < -0.3 is 5.32 Å². The van der Waals surface area contributed by atoms with Crippen LogP contribution in [0.3, 0.4) is 0 Å². The van der Waals surface area contributed by atoms with Crippen LogP contribution < -0.4 is 5.32 Å². The van der Waals surface area contributed by atoms with Gasteiger partial charge in [-0.1, -0.05) is 19.9 Å². The standard InChI is InChI=1S/C17H21N3O5S2/c1-4-20(5-2)27(24,25)14-8-6-7-13(11-14)17(21)19-15-12-18-10-9-16(15)26(3,22)23/h6-12H,4-5H2,1-3H3,(H,19,21). The van der Waals surface area contributed by atoms with Crippen LogP contribution in [0.4, 0.5) is 5.69 Å². The highest BCUT2D eigenvalue weighted by atomic mass is 32.2. The van der Waals surface area contributed by atoms with E-state index in [-0.39, 0.29) is 21.0 Å². The molecule has 1 aromatic heterocycles. The highest BCUT2D eigenvalue weighted by Gasteiger charge is 2.23. The molecule has 27 heavy (non-hydrogen) atoms. The quantitative estimate of drug-likeness (QED) is 0.743. The first-order valence-electron chi connectivity index (χ1n) is 8.16. The number of pyridine rings is 1. The molecule has 0 unspecified atom stereocenters. The number of sulfonamides is 1. The van der Waals surface area contributed by atoms with Crippen molar-refractivity contribution < 1.29 is 21.6 Å².